The van der Waals surface area contributed by atoms with Crippen LogP contribution < -0.4 is 5.32 Å². The molecular formula is C20H18ClF3N2O2S. The first-order valence-corrected chi connectivity index (χ1v) is 10.1. The minimum Gasteiger partial charge on any atom is -0.466 e. The minimum atomic E-state index is -4.51. The Hall–Kier alpha value is -2.32. The first-order chi connectivity index (χ1) is 13.7. The van der Waals surface area contributed by atoms with E-state index in [1.165, 1.54) is 17.4 Å². The second-order valence-corrected chi connectivity index (χ2v) is 7.91. The van der Waals surface area contributed by atoms with Gasteiger partial charge in [0.05, 0.1) is 10.6 Å². The Morgan fingerprint density at radius 1 is 1.24 bits per heavy atom. The summed E-state index contributed by atoms with van der Waals surface area (Å²) in [4.78, 5) is 17.0. The fourth-order valence-corrected chi connectivity index (χ4v) is 3.80. The number of nitrogens with zero attached hydrogens (tertiary/aromatic N) is 1. The molecule has 29 heavy (non-hydrogen) atoms. The molecule has 4 nitrogen and oxygen atoms in total. The SMILES string of the molecule is CCc1ccc(CCC(=O)Nc2ncc(Cc3ccc(Cl)c(C(F)(F)F)c3)s2)o1. The normalized spacial score (nSPS) is 11.6. The topological polar surface area (TPSA) is 55.1 Å². The molecule has 1 amide bonds. The number of hydrogen-bond acceptors (Lipinski definition) is 4. The van der Waals surface area contributed by atoms with Gasteiger partial charge in [-0.05, 0) is 29.8 Å². The third-order valence-electron chi connectivity index (χ3n) is 4.18. The number of alkyl halides is 3. The van der Waals surface area contributed by atoms with Crippen LogP contribution in [0.5, 0.6) is 0 Å². The Morgan fingerprint density at radius 3 is 2.69 bits per heavy atom. The predicted octanol–water partition coefficient (Wildman–Crippen LogP) is 6.13. The summed E-state index contributed by atoms with van der Waals surface area (Å²) in [5.41, 5.74) is -0.397. The molecule has 2 heterocycles. The lowest BCUT2D eigenvalue weighted by atomic mass is 10.1. The van der Waals surface area contributed by atoms with E-state index in [0.29, 0.717) is 17.1 Å². The van der Waals surface area contributed by atoms with E-state index in [1.54, 1.807) is 12.3 Å². The van der Waals surface area contributed by atoms with Gasteiger partial charge in [-0.15, -0.1) is 11.3 Å². The van der Waals surface area contributed by atoms with Gasteiger partial charge >= 0.3 is 6.18 Å². The summed E-state index contributed by atoms with van der Waals surface area (Å²) in [6.07, 6.45) is -1.17. The fraction of sp³-hybridized carbons (Fsp3) is 0.300. The highest BCUT2D eigenvalue weighted by Crippen LogP contribution is 2.35. The third-order valence-corrected chi connectivity index (χ3v) is 5.42. The molecule has 9 heteroatoms. The molecule has 0 saturated carbocycles. The summed E-state index contributed by atoms with van der Waals surface area (Å²) in [5.74, 6) is 1.42. The monoisotopic (exact) mass is 442 g/mol. The molecule has 1 N–H and O–H groups in total. The van der Waals surface area contributed by atoms with Crippen molar-refractivity contribution in [3.63, 3.8) is 0 Å². The van der Waals surface area contributed by atoms with Gasteiger partial charge in [0.2, 0.25) is 5.91 Å². The van der Waals surface area contributed by atoms with Crippen LogP contribution in [-0.4, -0.2) is 10.9 Å². The largest absolute Gasteiger partial charge is 0.466 e. The summed E-state index contributed by atoms with van der Waals surface area (Å²) < 4.78 is 44.5. The van der Waals surface area contributed by atoms with Crippen molar-refractivity contribution in [2.75, 3.05) is 5.32 Å². The molecule has 3 rings (SSSR count). The molecule has 0 aliphatic heterocycles. The maximum absolute atomic E-state index is 13.0. The molecule has 0 radical (unpaired) electrons. The van der Waals surface area contributed by atoms with Crippen LogP contribution in [0.4, 0.5) is 18.3 Å². The van der Waals surface area contributed by atoms with Crippen molar-refractivity contribution in [3.8, 4) is 0 Å². The first-order valence-electron chi connectivity index (χ1n) is 8.92. The lowest BCUT2D eigenvalue weighted by Gasteiger charge is -2.10. The molecule has 0 unspecified atom stereocenters. The van der Waals surface area contributed by atoms with Gasteiger partial charge in [0.15, 0.2) is 5.13 Å². The zero-order valence-electron chi connectivity index (χ0n) is 15.5. The van der Waals surface area contributed by atoms with Crippen LogP contribution in [0.3, 0.4) is 0 Å². The Morgan fingerprint density at radius 2 is 2.00 bits per heavy atom. The van der Waals surface area contributed by atoms with E-state index < -0.39 is 11.7 Å². The van der Waals surface area contributed by atoms with Gasteiger partial charge in [0, 0.05) is 36.8 Å². The van der Waals surface area contributed by atoms with Gasteiger partial charge in [-0.2, -0.15) is 13.2 Å². The lowest BCUT2D eigenvalue weighted by Crippen LogP contribution is -2.11. The molecule has 3 aromatic rings. The van der Waals surface area contributed by atoms with Crippen LogP contribution in [0.15, 0.2) is 40.9 Å². The Bertz CT molecular complexity index is 998. The zero-order chi connectivity index (χ0) is 21.0. The van der Waals surface area contributed by atoms with E-state index in [2.05, 4.69) is 10.3 Å². The summed E-state index contributed by atoms with van der Waals surface area (Å²) in [6.45, 7) is 1.99. The number of aromatic nitrogens is 1. The average molecular weight is 443 g/mol. The highest BCUT2D eigenvalue weighted by Gasteiger charge is 2.33. The fourth-order valence-electron chi connectivity index (χ4n) is 2.71. The number of thiazole rings is 1. The van der Waals surface area contributed by atoms with Crippen LogP contribution in [-0.2, 0) is 30.2 Å². The summed E-state index contributed by atoms with van der Waals surface area (Å²) in [5, 5.41) is 2.78. The molecular weight excluding hydrogens is 425 g/mol. The van der Waals surface area contributed by atoms with Crippen LogP contribution in [0.2, 0.25) is 5.02 Å². The maximum atomic E-state index is 13.0. The molecule has 0 fully saturated rings. The Balaban J connectivity index is 1.57. The molecule has 2 aromatic heterocycles. The lowest BCUT2D eigenvalue weighted by molar-refractivity contribution is -0.137. The number of aryl methyl sites for hydroxylation is 2. The van der Waals surface area contributed by atoms with Crippen molar-refractivity contribution in [2.24, 2.45) is 0 Å². The molecule has 0 atom stereocenters. The van der Waals surface area contributed by atoms with E-state index >= 15 is 0 Å². The van der Waals surface area contributed by atoms with Gasteiger partial charge < -0.3 is 9.73 Å². The molecule has 0 saturated heterocycles. The Kier molecular flexibility index (Phi) is 6.64. The molecule has 0 bridgehead atoms. The number of halogens is 4. The van der Waals surface area contributed by atoms with Gasteiger partial charge in [-0.25, -0.2) is 4.98 Å². The van der Waals surface area contributed by atoms with Crippen LogP contribution in [0, 0.1) is 0 Å². The quantitative estimate of drug-likeness (QED) is 0.478. The number of furan rings is 1. The van der Waals surface area contributed by atoms with Crippen molar-refractivity contribution in [1.29, 1.82) is 0 Å². The van der Waals surface area contributed by atoms with E-state index in [1.807, 2.05) is 19.1 Å². The molecule has 154 valence electrons. The van der Waals surface area contributed by atoms with Crippen molar-refractivity contribution < 1.29 is 22.4 Å². The second-order valence-electron chi connectivity index (χ2n) is 6.39. The number of carbonyl (C=O) groups is 1. The number of carbonyl (C=O) groups excluding carboxylic acids is 1. The van der Waals surface area contributed by atoms with E-state index in [0.717, 1.165) is 28.9 Å². The smallest absolute Gasteiger partial charge is 0.417 e. The van der Waals surface area contributed by atoms with Crippen molar-refractivity contribution >= 4 is 34.0 Å². The highest BCUT2D eigenvalue weighted by molar-refractivity contribution is 7.15. The van der Waals surface area contributed by atoms with E-state index in [9.17, 15) is 18.0 Å². The molecule has 0 spiro atoms. The molecule has 1 aromatic carbocycles. The summed E-state index contributed by atoms with van der Waals surface area (Å²) in [6, 6.07) is 7.57. The minimum absolute atomic E-state index is 0.203. The van der Waals surface area contributed by atoms with Crippen LogP contribution in [0.25, 0.3) is 0 Å². The van der Waals surface area contributed by atoms with E-state index in [4.69, 9.17) is 16.0 Å². The van der Waals surface area contributed by atoms with Crippen molar-refractivity contribution in [3.05, 3.63) is 69.1 Å². The number of benzene rings is 1. The first kappa shape index (κ1) is 21.4. The van der Waals surface area contributed by atoms with Crippen LogP contribution in [0.1, 0.15) is 40.9 Å². The van der Waals surface area contributed by atoms with E-state index in [-0.39, 0.29) is 23.8 Å². The maximum Gasteiger partial charge on any atom is 0.417 e. The molecule has 0 aliphatic rings. The standard InChI is InChI=1S/C20H18ClF3N2O2S/c1-2-13-4-5-14(28-13)6-8-18(27)26-19-25-11-15(29-19)9-12-3-7-17(21)16(10-12)20(22,23)24/h3-5,7,10-11H,2,6,8-9H2,1H3,(H,25,26,27). The molecule has 0 aliphatic carbocycles. The summed E-state index contributed by atoms with van der Waals surface area (Å²) >= 11 is 6.87. The summed E-state index contributed by atoms with van der Waals surface area (Å²) in [7, 11) is 0. The highest BCUT2D eigenvalue weighted by atomic mass is 35.5. The third kappa shape index (κ3) is 5.83. The number of amides is 1. The predicted molar refractivity (Wildman–Crippen MR) is 106 cm³/mol. The van der Waals surface area contributed by atoms with Gasteiger partial charge in [0.25, 0.3) is 0 Å². The van der Waals surface area contributed by atoms with Crippen molar-refractivity contribution in [2.45, 2.75) is 38.8 Å². The van der Waals surface area contributed by atoms with Gasteiger partial charge in [0.1, 0.15) is 11.5 Å². The second kappa shape index (κ2) is 9.00. The zero-order valence-corrected chi connectivity index (χ0v) is 17.0. The Labute approximate surface area is 174 Å². The number of rotatable bonds is 7. The average Bonchev–Trinajstić information content (AvgIpc) is 3.30. The van der Waals surface area contributed by atoms with Gasteiger partial charge in [-0.3, -0.25) is 4.79 Å². The number of nitrogens with one attached hydrogen (secondary N) is 1. The van der Waals surface area contributed by atoms with Crippen LogP contribution >= 0.6 is 22.9 Å². The van der Waals surface area contributed by atoms with Crippen molar-refractivity contribution in [1.82, 2.24) is 4.98 Å². The van der Waals surface area contributed by atoms with Gasteiger partial charge in [-0.1, -0.05) is 24.6 Å². The number of hydrogen-bond donors (Lipinski definition) is 1. The number of anilines is 1.